The van der Waals surface area contributed by atoms with Gasteiger partial charge in [-0.25, -0.2) is 4.79 Å². The molecule has 0 saturated carbocycles. The SMILES string of the molecule is COC[C@H]1CNC(=O)N1C. The van der Waals surface area contributed by atoms with Crippen LogP contribution in [0.5, 0.6) is 0 Å². The minimum Gasteiger partial charge on any atom is -0.382 e. The van der Waals surface area contributed by atoms with Gasteiger partial charge in [0.25, 0.3) is 0 Å². The van der Waals surface area contributed by atoms with Gasteiger partial charge in [-0.3, -0.25) is 0 Å². The van der Waals surface area contributed by atoms with Crippen LogP contribution in [-0.4, -0.2) is 44.3 Å². The first kappa shape index (κ1) is 7.34. The smallest absolute Gasteiger partial charge is 0.317 e. The van der Waals surface area contributed by atoms with Crippen LogP contribution in [0.2, 0.25) is 0 Å². The Morgan fingerprint density at radius 2 is 2.60 bits per heavy atom. The number of hydrogen-bond donors (Lipinski definition) is 1. The fourth-order valence-electron chi connectivity index (χ4n) is 0.996. The molecule has 0 unspecified atom stereocenters. The summed E-state index contributed by atoms with van der Waals surface area (Å²) in [6, 6.07) is 0.194. The molecule has 1 saturated heterocycles. The molecule has 0 aromatic heterocycles. The van der Waals surface area contributed by atoms with E-state index in [4.69, 9.17) is 4.74 Å². The summed E-state index contributed by atoms with van der Waals surface area (Å²) in [5.74, 6) is 0. The second-order valence-electron chi connectivity index (χ2n) is 2.41. The van der Waals surface area contributed by atoms with Gasteiger partial charge in [-0.2, -0.15) is 0 Å². The average molecular weight is 144 g/mol. The molecule has 0 aromatic rings. The molecule has 0 spiro atoms. The van der Waals surface area contributed by atoms with Crippen molar-refractivity contribution in [1.82, 2.24) is 10.2 Å². The zero-order valence-electron chi connectivity index (χ0n) is 6.26. The van der Waals surface area contributed by atoms with Crippen LogP contribution >= 0.6 is 0 Å². The molecule has 2 amide bonds. The maximum absolute atomic E-state index is 10.8. The van der Waals surface area contributed by atoms with Crippen molar-refractivity contribution in [3.05, 3.63) is 0 Å². The van der Waals surface area contributed by atoms with Crippen molar-refractivity contribution in [1.29, 1.82) is 0 Å². The van der Waals surface area contributed by atoms with E-state index in [1.165, 1.54) is 0 Å². The molecule has 1 aliphatic heterocycles. The zero-order valence-corrected chi connectivity index (χ0v) is 6.26. The molecule has 0 radical (unpaired) electrons. The average Bonchev–Trinajstić information content (AvgIpc) is 2.20. The lowest BCUT2D eigenvalue weighted by Gasteiger charge is -2.15. The van der Waals surface area contributed by atoms with Crippen molar-refractivity contribution in [2.75, 3.05) is 27.3 Å². The fourth-order valence-corrected chi connectivity index (χ4v) is 0.996. The highest BCUT2D eigenvalue weighted by Gasteiger charge is 2.26. The number of urea groups is 1. The Balaban J connectivity index is 2.41. The van der Waals surface area contributed by atoms with E-state index < -0.39 is 0 Å². The van der Waals surface area contributed by atoms with Gasteiger partial charge in [0.2, 0.25) is 0 Å². The first-order chi connectivity index (χ1) is 4.75. The topological polar surface area (TPSA) is 41.6 Å². The lowest BCUT2D eigenvalue weighted by atomic mass is 10.3. The first-order valence-electron chi connectivity index (χ1n) is 3.25. The summed E-state index contributed by atoms with van der Waals surface area (Å²) in [4.78, 5) is 12.5. The van der Waals surface area contributed by atoms with Crippen LogP contribution < -0.4 is 5.32 Å². The molecule has 0 aromatic carbocycles. The lowest BCUT2D eigenvalue weighted by molar-refractivity contribution is 0.138. The number of methoxy groups -OCH3 is 1. The van der Waals surface area contributed by atoms with E-state index >= 15 is 0 Å². The number of rotatable bonds is 2. The van der Waals surface area contributed by atoms with Crippen LogP contribution in [0.15, 0.2) is 0 Å². The number of hydrogen-bond acceptors (Lipinski definition) is 2. The van der Waals surface area contributed by atoms with E-state index in [0.717, 1.165) is 0 Å². The molecule has 0 aliphatic carbocycles. The van der Waals surface area contributed by atoms with Crippen LogP contribution in [0.3, 0.4) is 0 Å². The quantitative estimate of drug-likeness (QED) is 0.576. The Labute approximate surface area is 60.1 Å². The molecule has 4 nitrogen and oxygen atoms in total. The molecule has 1 N–H and O–H groups in total. The van der Waals surface area contributed by atoms with Crippen molar-refractivity contribution in [2.24, 2.45) is 0 Å². The molecular weight excluding hydrogens is 132 g/mol. The van der Waals surface area contributed by atoms with Crippen LogP contribution in [0.4, 0.5) is 4.79 Å². The molecule has 1 heterocycles. The summed E-state index contributed by atoms with van der Waals surface area (Å²) in [6.45, 7) is 1.30. The minimum absolute atomic E-state index is 0.0120. The normalized spacial score (nSPS) is 25.2. The van der Waals surface area contributed by atoms with Crippen LogP contribution in [-0.2, 0) is 4.74 Å². The molecular formula is C6H12N2O2. The van der Waals surface area contributed by atoms with Gasteiger partial charge in [0.15, 0.2) is 0 Å². The number of ether oxygens (including phenoxy) is 1. The van der Waals surface area contributed by atoms with Gasteiger partial charge in [0.05, 0.1) is 12.6 Å². The van der Waals surface area contributed by atoms with Crippen molar-refractivity contribution in [3.63, 3.8) is 0 Å². The van der Waals surface area contributed by atoms with E-state index in [1.54, 1.807) is 19.1 Å². The van der Waals surface area contributed by atoms with Gasteiger partial charge in [0, 0.05) is 20.7 Å². The highest BCUT2D eigenvalue weighted by molar-refractivity contribution is 5.76. The number of nitrogens with zero attached hydrogens (tertiary/aromatic N) is 1. The van der Waals surface area contributed by atoms with Crippen LogP contribution in [0, 0.1) is 0 Å². The van der Waals surface area contributed by atoms with Crippen molar-refractivity contribution in [3.8, 4) is 0 Å². The van der Waals surface area contributed by atoms with Crippen molar-refractivity contribution >= 4 is 6.03 Å². The summed E-state index contributed by atoms with van der Waals surface area (Å²) in [5.41, 5.74) is 0. The van der Waals surface area contributed by atoms with Crippen molar-refractivity contribution in [2.45, 2.75) is 6.04 Å². The molecule has 58 valence electrons. The Morgan fingerprint density at radius 3 is 3.00 bits per heavy atom. The second kappa shape index (κ2) is 2.88. The Kier molecular flexibility index (Phi) is 2.11. The number of likely N-dealkylation sites (N-methyl/N-ethyl adjacent to an activating group) is 1. The van der Waals surface area contributed by atoms with E-state index in [2.05, 4.69) is 5.32 Å². The van der Waals surface area contributed by atoms with Gasteiger partial charge in [-0.1, -0.05) is 0 Å². The third kappa shape index (κ3) is 1.21. The highest BCUT2D eigenvalue weighted by Crippen LogP contribution is 2.02. The number of carbonyl (C=O) groups excluding carboxylic acids is 1. The van der Waals surface area contributed by atoms with Gasteiger partial charge in [-0.15, -0.1) is 0 Å². The molecule has 1 aliphatic rings. The van der Waals surface area contributed by atoms with Crippen LogP contribution in [0.25, 0.3) is 0 Å². The van der Waals surface area contributed by atoms with Gasteiger partial charge < -0.3 is 15.0 Å². The monoisotopic (exact) mass is 144 g/mol. The Hall–Kier alpha value is -0.770. The molecule has 0 bridgehead atoms. The number of amides is 2. The Bertz CT molecular complexity index is 138. The van der Waals surface area contributed by atoms with E-state index in [0.29, 0.717) is 13.2 Å². The molecule has 1 atom stereocenters. The minimum atomic E-state index is -0.0120. The maximum atomic E-state index is 10.8. The first-order valence-corrected chi connectivity index (χ1v) is 3.25. The summed E-state index contributed by atoms with van der Waals surface area (Å²) in [7, 11) is 3.41. The standard InChI is InChI=1S/C6H12N2O2/c1-8-5(4-10-2)3-7-6(8)9/h5H,3-4H2,1-2H3,(H,7,9)/t5-/m1/s1. The predicted molar refractivity (Wildman–Crippen MR) is 36.8 cm³/mol. The number of carbonyl (C=O) groups is 1. The summed E-state index contributed by atoms with van der Waals surface area (Å²) < 4.78 is 4.91. The van der Waals surface area contributed by atoms with E-state index in [1.807, 2.05) is 0 Å². The maximum Gasteiger partial charge on any atom is 0.317 e. The fraction of sp³-hybridized carbons (Fsp3) is 0.833. The third-order valence-corrected chi connectivity index (χ3v) is 1.72. The van der Waals surface area contributed by atoms with Gasteiger partial charge in [-0.05, 0) is 0 Å². The zero-order chi connectivity index (χ0) is 7.56. The summed E-state index contributed by atoms with van der Waals surface area (Å²) in [6.07, 6.45) is 0. The van der Waals surface area contributed by atoms with Gasteiger partial charge in [0.1, 0.15) is 0 Å². The largest absolute Gasteiger partial charge is 0.382 e. The van der Waals surface area contributed by atoms with E-state index in [9.17, 15) is 4.79 Å². The van der Waals surface area contributed by atoms with Crippen LogP contribution in [0.1, 0.15) is 0 Å². The summed E-state index contributed by atoms with van der Waals surface area (Å²) >= 11 is 0. The Morgan fingerprint density at radius 1 is 1.90 bits per heavy atom. The molecule has 1 fully saturated rings. The highest BCUT2D eigenvalue weighted by atomic mass is 16.5. The molecule has 10 heavy (non-hydrogen) atoms. The van der Waals surface area contributed by atoms with Crippen molar-refractivity contribution < 1.29 is 9.53 Å². The van der Waals surface area contributed by atoms with Gasteiger partial charge >= 0.3 is 6.03 Å². The van der Waals surface area contributed by atoms with E-state index in [-0.39, 0.29) is 12.1 Å². The molecule has 4 heteroatoms. The number of nitrogens with one attached hydrogen (secondary N) is 1. The summed E-state index contributed by atoms with van der Waals surface area (Å²) in [5, 5.41) is 2.71. The predicted octanol–water partition coefficient (Wildman–Crippen LogP) is -0.344. The second-order valence-corrected chi connectivity index (χ2v) is 2.41. The molecule has 1 rings (SSSR count). The lowest BCUT2D eigenvalue weighted by Crippen LogP contribution is -2.33. The third-order valence-electron chi connectivity index (χ3n) is 1.72.